The van der Waals surface area contributed by atoms with Gasteiger partial charge in [0, 0.05) is 13.1 Å². The first-order chi connectivity index (χ1) is 7.07. The molecule has 2 unspecified atom stereocenters. The molecule has 2 heteroatoms. The average Bonchev–Trinajstić information content (AvgIpc) is 2.50. The zero-order chi connectivity index (χ0) is 10.9. The molecule has 1 heterocycles. The second-order valence-electron chi connectivity index (χ2n) is 6.26. The van der Waals surface area contributed by atoms with Crippen LogP contribution < -0.4 is 0 Å². The molecule has 2 aliphatic rings. The van der Waals surface area contributed by atoms with Gasteiger partial charge in [0.25, 0.3) is 0 Å². The van der Waals surface area contributed by atoms with E-state index in [1.807, 2.05) is 0 Å². The summed E-state index contributed by atoms with van der Waals surface area (Å²) in [5.74, 6) is 0.549. The van der Waals surface area contributed by atoms with Crippen LogP contribution in [0.5, 0.6) is 0 Å². The van der Waals surface area contributed by atoms with Crippen LogP contribution in [0.3, 0.4) is 0 Å². The number of hydrogen-bond donors (Lipinski definition) is 1. The van der Waals surface area contributed by atoms with E-state index in [-0.39, 0.29) is 6.10 Å². The highest BCUT2D eigenvalue weighted by atomic mass is 16.3. The summed E-state index contributed by atoms with van der Waals surface area (Å²) in [4.78, 5) is 2.55. The Kier molecular flexibility index (Phi) is 3.36. The summed E-state index contributed by atoms with van der Waals surface area (Å²) < 4.78 is 0. The van der Waals surface area contributed by atoms with Crippen LogP contribution in [0.2, 0.25) is 0 Å². The van der Waals surface area contributed by atoms with Crippen molar-refractivity contribution in [2.24, 2.45) is 11.3 Å². The molecule has 1 N–H and O–H groups in total. The molecule has 1 saturated heterocycles. The molecule has 0 aromatic rings. The summed E-state index contributed by atoms with van der Waals surface area (Å²) in [6.07, 6.45) is 6.10. The highest BCUT2D eigenvalue weighted by Gasteiger charge is 2.32. The van der Waals surface area contributed by atoms with Crippen molar-refractivity contribution in [3.8, 4) is 0 Å². The van der Waals surface area contributed by atoms with Gasteiger partial charge in [-0.15, -0.1) is 0 Å². The molecule has 0 bridgehead atoms. The number of rotatable bonds is 2. The van der Waals surface area contributed by atoms with Crippen LogP contribution in [0.1, 0.15) is 46.0 Å². The van der Waals surface area contributed by atoms with Gasteiger partial charge in [0.15, 0.2) is 0 Å². The van der Waals surface area contributed by atoms with Crippen LogP contribution in [-0.4, -0.2) is 35.7 Å². The fourth-order valence-electron chi connectivity index (χ4n) is 3.11. The highest BCUT2D eigenvalue weighted by Crippen LogP contribution is 2.32. The molecule has 15 heavy (non-hydrogen) atoms. The smallest absolute Gasteiger partial charge is 0.0580 e. The van der Waals surface area contributed by atoms with Gasteiger partial charge in [-0.1, -0.05) is 26.7 Å². The van der Waals surface area contributed by atoms with Gasteiger partial charge in [-0.05, 0) is 37.1 Å². The third kappa shape index (κ3) is 2.94. The summed E-state index contributed by atoms with van der Waals surface area (Å²) >= 11 is 0. The van der Waals surface area contributed by atoms with Crippen molar-refractivity contribution in [3.05, 3.63) is 0 Å². The lowest BCUT2D eigenvalue weighted by molar-refractivity contribution is 0.0494. The van der Waals surface area contributed by atoms with E-state index < -0.39 is 0 Å². The van der Waals surface area contributed by atoms with Crippen molar-refractivity contribution in [2.75, 3.05) is 19.6 Å². The predicted molar refractivity (Wildman–Crippen MR) is 62.8 cm³/mol. The summed E-state index contributed by atoms with van der Waals surface area (Å²) in [5.41, 5.74) is 0.500. The summed E-state index contributed by atoms with van der Waals surface area (Å²) in [6.45, 7) is 8.28. The zero-order valence-corrected chi connectivity index (χ0v) is 10.2. The molecular formula is C13H25NO. The Labute approximate surface area is 93.7 Å². The normalized spacial score (nSPS) is 37.0. The minimum Gasteiger partial charge on any atom is -0.393 e. The molecular weight excluding hydrogens is 186 g/mol. The van der Waals surface area contributed by atoms with Crippen molar-refractivity contribution in [1.29, 1.82) is 0 Å². The quantitative estimate of drug-likeness (QED) is 0.757. The van der Waals surface area contributed by atoms with E-state index in [4.69, 9.17) is 0 Å². The number of aliphatic hydroxyl groups excluding tert-OH is 1. The lowest BCUT2D eigenvalue weighted by atomic mass is 9.86. The number of likely N-dealkylation sites (tertiary alicyclic amines) is 1. The van der Waals surface area contributed by atoms with E-state index in [1.54, 1.807) is 0 Å². The Bertz CT molecular complexity index is 215. The highest BCUT2D eigenvalue weighted by molar-refractivity contribution is 4.85. The zero-order valence-electron chi connectivity index (χ0n) is 10.2. The van der Waals surface area contributed by atoms with E-state index in [9.17, 15) is 5.11 Å². The van der Waals surface area contributed by atoms with Crippen molar-refractivity contribution in [3.63, 3.8) is 0 Å². The van der Waals surface area contributed by atoms with Gasteiger partial charge in [0.05, 0.1) is 6.10 Å². The number of nitrogens with zero attached hydrogens (tertiary/aromatic N) is 1. The Morgan fingerprint density at radius 1 is 1.27 bits per heavy atom. The van der Waals surface area contributed by atoms with E-state index in [0.717, 1.165) is 13.0 Å². The molecule has 1 aliphatic carbocycles. The van der Waals surface area contributed by atoms with Gasteiger partial charge < -0.3 is 10.0 Å². The fraction of sp³-hybridized carbons (Fsp3) is 1.00. The first-order valence-corrected chi connectivity index (χ1v) is 6.47. The monoisotopic (exact) mass is 211 g/mol. The molecule has 0 aromatic carbocycles. The molecule has 2 atom stereocenters. The maximum atomic E-state index is 9.93. The molecule has 1 saturated carbocycles. The van der Waals surface area contributed by atoms with E-state index in [0.29, 0.717) is 11.3 Å². The Morgan fingerprint density at radius 3 is 2.60 bits per heavy atom. The molecule has 0 radical (unpaired) electrons. The lowest BCUT2D eigenvalue weighted by Gasteiger charge is -2.31. The van der Waals surface area contributed by atoms with E-state index >= 15 is 0 Å². The van der Waals surface area contributed by atoms with Crippen LogP contribution in [0, 0.1) is 11.3 Å². The van der Waals surface area contributed by atoms with E-state index in [1.165, 1.54) is 38.8 Å². The van der Waals surface area contributed by atoms with Gasteiger partial charge >= 0.3 is 0 Å². The molecule has 88 valence electrons. The largest absolute Gasteiger partial charge is 0.393 e. The molecule has 2 fully saturated rings. The SMILES string of the molecule is CC1(C)CCN(CC2CCCCC2O)C1. The van der Waals surface area contributed by atoms with Crippen molar-refractivity contribution in [2.45, 2.75) is 52.1 Å². The van der Waals surface area contributed by atoms with Crippen LogP contribution >= 0.6 is 0 Å². The molecule has 2 rings (SSSR count). The first-order valence-electron chi connectivity index (χ1n) is 6.47. The Balaban J connectivity index is 1.81. The van der Waals surface area contributed by atoms with Gasteiger partial charge in [0.1, 0.15) is 0 Å². The maximum absolute atomic E-state index is 9.93. The third-order valence-electron chi connectivity index (χ3n) is 4.12. The van der Waals surface area contributed by atoms with Gasteiger partial charge in [-0.2, -0.15) is 0 Å². The van der Waals surface area contributed by atoms with Crippen molar-refractivity contribution < 1.29 is 5.11 Å². The van der Waals surface area contributed by atoms with E-state index in [2.05, 4.69) is 18.7 Å². The molecule has 0 aromatic heterocycles. The average molecular weight is 211 g/mol. The maximum Gasteiger partial charge on any atom is 0.0580 e. The Hall–Kier alpha value is -0.0800. The van der Waals surface area contributed by atoms with Gasteiger partial charge in [-0.25, -0.2) is 0 Å². The number of aliphatic hydroxyl groups is 1. The summed E-state index contributed by atoms with van der Waals surface area (Å²) in [6, 6.07) is 0. The second-order valence-corrected chi connectivity index (χ2v) is 6.26. The molecule has 0 spiro atoms. The van der Waals surface area contributed by atoms with Crippen LogP contribution in [0.15, 0.2) is 0 Å². The second kappa shape index (κ2) is 4.42. The number of hydrogen-bond acceptors (Lipinski definition) is 2. The minimum atomic E-state index is -0.0255. The van der Waals surface area contributed by atoms with Gasteiger partial charge in [0.2, 0.25) is 0 Å². The van der Waals surface area contributed by atoms with Crippen LogP contribution in [0.4, 0.5) is 0 Å². The topological polar surface area (TPSA) is 23.5 Å². The standard InChI is InChI=1S/C13H25NO/c1-13(2)7-8-14(10-13)9-11-5-3-4-6-12(11)15/h11-12,15H,3-10H2,1-2H3. The summed E-state index contributed by atoms with van der Waals surface area (Å²) in [7, 11) is 0. The van der Waals surface area contributed by atoms with Crippen molar-refractivity contribution >= 4 is 0 Å². The first kappa shape index (κ1) is 11.4. The molecule has 2 nitrogen and oxygen atoms in total. The molecule has 0 amide bonds. The van der Waals surface area contributed by atoms with Crippen LogP contribution in [-0.2, 0) is 0 Å². The fourth-order valence-corrected chi connectivity index (χ4v) is 3.11. The van der Waals surface area contributed by atoms with Crippen molar-refractivity contribution in [1.82, 2.24) is 4.90 Å². The molecule has 1 aliphatic heterocycles. The van der Waals surface area contributed by atoms with Crippen LogP contribution in [0.25, 0.3) is 0 Å². The lowest BCUT2D eigenvalue weighted by Crippen LogP contribution is -2.36. The predicted octanol–water partition coefficient (Wildman–Crippen LogP) is 2.27. The minimum absolute atomic E-state index is 0.0255. The third-order valence-corrected chi connectivity index (χ3v) is 4.12. The Morgan fingerprint density at radius 2 is 2.00 bits per heavy atom. The summed E-state index contributed by atoms with van der Waals surface area (Å²) in [5, 5.41) is 9.93. The van der Waals surface area contributed by atoms with Gasteiger partial charge in [-0.3, -0.25) is 0 Å².